The second-order valence-corrected chi connectivity index (χ2v) is 5.30. The smallest absolute Gasteiger partial charge is 0.130 e. The average molecular weight is 297 g/mol. The number of ether oxygens (including phenoxy) is 1. The van der Waals surface area contributed by atoms with Crippen molar-refractivity contribution >= 4 is 23.2 Å². The normalized spacial score (nSPS) is 13.8. The zero-order valence-corrected chi connectivity index (χ0v) is 11.6. The highest BCUT2D eigenvalue weighted by Crippen LogP contribution is 2.43. The van der Waals surface area contributed by atoms with Gasteiger partial charge < -0.3 is 4.74 Å². The van der Waals surface area contributed by atoms with Crippen molar-refractivity contribution in [2.75, 3.05) is 6.61 Å². The SMILES string of the molecule is Fc1cc(Cl)c(-c2cccc3c2OCCC3)c(Cl)c1. The first-order chi connectivity index (χ1) is 9.16. The summed E-state index contributed by atoms with van der Waals surface area (Å²) in [4.78, 5) is 0. The van der Waals surface area contributed by atoms with Crippen molar-refractivity contribution in [3.8, 4) is 16.9 Å². The van der Waals surface area contributed by atoms with Crippen LogP contribution in [0.2, 0.25) is 10.0 Å². The first-order valence-electron chi connectivity index (χ1n) is 6.06. The highest BCUT2D eigenvalue weighted by molar-refractivity contribution is 6.39. The minimum absolute atomic E-state index is 0.299. The highest BCUT2D eigenvalue weighted by atomic mass is 35.5. The van der Waals surface area contributed by atoms with E-state index in [0.29, 0.717) is 22.2 Å². The summed E-state index contributed by atoms with van der Waals surface area (Å²) < 4.78 is 19.0. The lowest BCUT2D eigenvalue weighted by molar-refractivity contribution is 0.289. The number of benzene rings is 2. The molecule has 0 spiro atoms. The Labute approximate surface area is 120 Å². The molecule has 0 bridgehead atoms. The quantitative estimate of drug-likeness (QED) is 0.709. The number of aryl methyl sites for hydroxylation is 1. The molecule has 0 unspecified atom stereocenters. The van der Waals surface area contributed by atoms with Crippen LogP contribution in [0.3, 0.4) is 0 Å². The third-order valence-electron chi connectivity index (χ3n) is 3.21. The predicted octanol–water partition coefficient (Wildman–Crippen LogP) is 5.12. The molecule has 1 aliphatic heterocycles. The first-order valence-corrected chi connectivity index (χ1v) is 6.82. The molecule has 0 atom stereocenters. The Kier molecular flexibility index (Phi) is 3.38. The molecule has 3 rings (SSSR count). The van der Waals surface area contributed by atoms with Gasteiger partial charge in [-0.1, -0.05) is 41.4 Å². The average Bonchev–Trinajstić information content (AvgIpc) is 2.38. The van der Waals surface area contributed by atoms with Gasteiger partial charge in [-0.3, -0.25) is 0 Å². The molecule has 0 amide bonds. The highest BCUT2D eigenvalue weighted by Gasteiger charge is 2.19. The third-order valence-corrected chi connectivity index (χ3v) is 3.81. The Balaban J connectivity index is 2.23. The Morgan fingerprint density at radius 1 is 1.11 bits per heavy atom. The summed E-state index contributed by atoms with van der Waals surface area (Å²) in [5, 5.41) is 0.597. The van der Waals surface area contributed by atoms with Gasteiger partial charge in [0.2, 0.25) is 0 Å². The minimum atomic E-state index is -0.440. The van der Waals surface area contributed by atoms with Crippen molar-refractivity contribution in [1.82, 2.24) is 0 Å². The second kappa shape index (κ2) is 5.03. The topological polar surface area (TPSA) is 9.23 Å². The molecule has 0 aromatic heterocycles. The van der Waals surface area contributed by atoms with Crippen molar-refractivity contribution in [3.05, 3.63) is 51.8 Å². The number of para-hydroxylation sites is 1. The van der Waals surface area contributed by atoms with Crippen molar-refractivity contribution < 1.29 is 9.13 Å². The molecule has 0 radical (unpaired) electrons. The molecule has 0 saturated heterocycles. The lowest BCUT2D eigenvalue weighted by Crippen LogP contribution is -2.09. The Morgan fingerprint density at radius 3 is 2.58 bits per heavy atom. The molecular weight excluding hydrogens is 286 g/mol. The van der Waals surface area contributed by atoms with Gasteiger partial charge in [0, 0.05) is 11.1 Å². The first kappa shape index (κ1) is 12.8. The number of hydrogen-bond donors (Lipinski definition) is 0. The Morgan fingerprint density at radius 2 is 1.84 bits per heavy atom. The molecule has 2 aromatic carbocycles. The van der Waals surface area contributed by atoms with Gasteiger partial charge >= 0.3 is 0 Å². The van der Waals surface area contributed by atoms with E-state index in [4.69, 9.17) is 27.9 Å². The van der Waals surface area contributed by atoms with E-state index in [9.17, 15) is 4.39 Å². The second-order valence-electron chi connectivity index (χ2n) is 4.49. The van der Waals surface area contributed by atoms with Crippen LogP contribution in [0.25, 0.3) is 11.1 Å². The van der Waals surface area contributed by atoms with Crippen LogP contribution in [-0.4, -0.2) is 6.61 Å². The van der Waals surface area contributed by atoms with Crippen molar-refractivity contribution in [3.63, 3.8) is 0 Å². The molecule has 1 aliphatic rings. The monoisotopic (exact) mass is 296 g/mol. The van der Waals surface area contributed by atoms with E-state index in [2.05, 4.69) is 0 Å². The molecule has 2 aromatic rings. The van der Waals surface area contributed by atoms with Gasteiger partial charge in [-0.05, 0) is 30.5 Å². The minimum Gasteiger partial charge on any atom is -0.493 e. The fourth-order valence-electron chi connectivity index (χ4n) is 2.39. The van der Waals surface area contributed by atoms with Crippen molar-refractivity contribution in [2.45, 2.75) is 12.8 Å². The van der Waals surface area contributed by atoms with Gasteiger partial charge in [-0.25, -0.2) is 4.39 Å². The number of halogens is 3. The zero-order valence-electron chi connectivity index (χ0n) is 10.1. The van der Waals surface area contributed by atoms with E-state index < -0.39 is 5.82 Å². The predicted molar refractivity (Wildman–Crippen MR) is 75.7 cm³/mol. The van der Waals surface area contributed by atoms with Crippen LogP contribution in [0.1, 0.15) is 12.0 Å². The van der Waals surface area contributed by atoms with Gasteiger partial charge in [0.05, 0.1) is 16.7 Å². The van der Waals surface area contributed by atoms with Crippen LogP contribution in [-0.2, 0) is 6.42 Å². The zero-order chi connectivity index (χ0) is 13.4. The van der Waals surface area contributed by atoms with E-state index >= 15 is 0 Å². The summed E-state index contributed by atoms with van der Waals surface area (Å²) in [7, 11) is 0. The number of fused-ring (bicyclic) bond motifs is 1. The number of hydrogen-bond acceptors (Lipinski definition) is 1. The molecular formula is C15H11Cl2FO. The number of rotatable bonds is 1. The van der Waals surface area contributed by atoms with Crippen molar-refractivity contribution in [1.29, 1.82) is 0 Å². The summed E-state index contributed by atoms with van der Waals surface area (Å²) >= 11 is 12.3. The van der Waals surface area contributed by atoms with Gasteiger partial charge in [0.25, 0.3) is 0 Å². The molecule has 0 N–H and O–H groups in total. The molecule has 19 heavy (non-hydrogen) atoms. The Bertz CT molecular complexity index is 617. The van der Waals surface area contributed by atoms with E-state index in [1.165, 1.54) is 12.1 Å². The molecule has 0 aliphatic carbocycles. The molecule has 98 valence electrons. The largest absolute Gasteiger partial charge is 0.493 e. The van der Waals surface area contributed by atoms with E-state index in [1.54, 1.807) is 0 Å². The van der Waals surface area contributed by atoms with Crippen LogP contribution in [0.15, 0.2) is 30.3 Å². The maximum absolute atomic E-state index is 13.3. The van der Waals surface area contributed by atoms with Crippen LogP contribution < -0.4 is 4.74 Å². The molecule has 0 saturated carbocycles. The van der Waals surface area contributed by atoms with Crippen LogP contribution in [0.4, 0.5) is 4.39 Å². The summed E-state index contributed by atoms with van der Waals surface area (Å²) in [6.07, 6.45) is 1.97. The van der Waals surface area contributed by atoms with E-state index in [1.807, 2.05) is 18.2 Å². The molecule has 4 heteroatoms. The fraction of sp³-hybridized carbons (Fsp3) is 0.200. The molecule has 1 heterocycles. The van der Waals surface area contributed by atoms with E-state index in [0.717, 1.165) is 29.7 Å². The van der Waals surface area contributed by atoms with Gasteiger partial charge in [-0.15, -0.1) is 0 Å². The van der Waals surface area contributed by atoms with Gasteiger partial charge in [0.1, 0.15) is 11.6 Å². The van der Waals surface area contributed by atoms with Crippen LogP contribution in [0, 0.1) is 5.82 Å². The molecule has 0 fully saturated rings. The third kappa shape index (κ3) is 2.31. The summed E-state index contributed by atoms with van der Waals surface area (Å²) in [5.41, 5.74) is 2.59. The standard InChI is InChI=1S/C15H11Cl2FO/c16-12-7-10(18)8-13(17)14(12)11-5-1-3-9-4-2-6-19-15(9)11/h1,3,5,7-8H,2,4,6H2. The fourth-order valence-corrected chi connectivity index (χ4v) is 3.05. The van der Waals surface area contributed by atoms with Crippen molar-refractivity contribution in [2.24, 2.45) is 0 Å². The summed E-state index contributed by atoms with van der Waals surface area (Å²) in [6.45, 7) is 0.681. The molecule has 1 nitrogen and oxygen atoms in total. The Hall–Kier alpha value is -1.25. The lowest BCUT2D eigenvalue weighted by Gasteiger charge is -2.21. The summed E-state index contributed by atoms with van der Waals surface area (Å²) in [5.74, 6) is 0.369. The van der Waals surface area contributed by atoms with Crippen LogP contribution >= 0.6 is 23.2 Å². The van der Waals surface area contributed by atoms with Gasteiger partial charge in [0.15, 0.2) is 0 Å². The maximum atomic E-state index is 13.3. The lowest BCUT2D eigenvalue weighted by atomic mass is 9.97. The summed E-state index contributed by atoms with van der Waals surface area (Å²) in [6, 6.07) is 8.41. The van der Waals surface area contributed by atoms with E-state index in [-0.39, 0.29) is 0 Å². The maximum Gasteiger partial charge on any atom is 0.130 e. The van der Waals surface area contributed by atoms with Gasteiger partial charge in [-0.2, -0.15) is 0 Å². The van der Waals surface area contributed by atoms with Crippen LogP contribution in [0.5, 0.6) is 5.75 Å².